The van der Waals surface area contributed by atoms with Gasteiger partial charge in [-0.05, 0) is 36.8 Å². The summed E-state index contributed by atoms with van der Waals surface area (Å²) in [5.74, 6) is -2.03. The van der Waals surface area contributed by atoms with Crippen molar-refractivity contribution >= 4 is 21.7 Å². The lowest BCUT2D eigenvalue weighted by Gasteiger charge is -2.26. The molecule has 0 radical (unpaired) electrons. The smallest absolute Gasteiger partial charge is 0.313 e. The first kappa shape index (κ1) is 22.5. The number of aliphatic hydroxyl groups is 1. The fourth-order valence-electron chi connectivity index (χ4n) is 2.75. The first-order valence-corrected chi connectivity index (χ1v) is 10.0. The Labute approximate surface area is 168 Å². The number of sulfonamides is 1. The van der Waals surface area contributed by atoms with Gasteiger partial charge in [-0.15, -0.1) is 0 Å². The van der Waals surface area contributed by atoms with Gasteiger partial charge in [0.25, 0.3) is 5.69 Å². The van der Waals surface area contributed by atoms with Crippen LogP contribution in [-0.2, 0) is 19.6 Å². The molecular formula is C19H22N2O7S. The third-order valence-corrected chi connectivity index (χ3v) is 6.35. The molecule has 0 unspecified atom stereocenters. The predicted octanol–water partition coefficient (Wildman–Crippen LogP) is 2.05. The van der Waals surface area contributed by atoms with E-state index in [4.69, 9.17) is 4.74 Å². The Bertz CT molecular complexity index is 973. The summed E-state index contributed by atoms with van der Waals surface area (Å²) < 4.78 is 31.3. The Morgan fingerprint density at radius 3 is 2.21 bits per heavy atom. The molecule has 0 saturated heterocycles. The predicted molar refractivity (Wildman–Crippen MR) is 105 cm³/mol. The number of aliphatic hydroxyl groups excluding tert-OH is 1. The maximum absolute atomic E-state index is 12.8. The van der Waals surface area contributed by atoms with Crippen LogP contribution in [0.4, 0.5) is 5.69 Å². The number of non-ortho nitro benzene ring substituents is 1. The van der Waals surface area contributed by atoms with Crippen molar-refractivity contribution in [3.05, 3.63) is 69.8 Å². The van der Waals surface area contributed by atoms with E-state index in [0.29, 0.717) is 0 Å². The maximum Gasteiger partial charge on any atom is 0.313 e. The fourth-order valence-corrected chi connectivity index (χ4v) is 3.94. The van der Waals surface area contributed by atoms with Gasteiger partial charge in [-0.2, -0.15) is 4.31 Å². The first-order valence-electron chi connectivity index (χ1n) is 8.61. The van der Waals surface area contributed by atoms with Gasteiger partial charge in [-0.3, -0.25) is 14.9 Å². The van der Waals surface area contributed by atoms with Gasteiger partial charge in [-0.1, -0.05) is 17.7 Å². The molecule has 0 fully saturated rings. The number of nitro groups is 1. The minimum Gasteiger partial charge on any atom is -0.469 e. The van der Waals surface area contributed by atoms with Crippen LogP contribution in [0.25, 0.3) is 0 Å². The van der Waals surface area contributed by atoms with Gasteiger partial charge in [0.15, 0.2) is 0 Å². The second-order valence-electron chi connectivity index (χ2n) is 6.52. The standard InChI is InChI=1S/C19H22N2O7S/c1-13-4-10-16(11-5-13)29(26,27)20(2)12-17(19(23)28-3)18(22)14-6-8-15(9-7-14)21(24)25/h4-11,17-18,22H,12H2,1-3H3/t17-,18+/m0/s1. The lowest BCUT2D eigenvalue weighted by Crippen LogP contribution is -2.38. The van der Waals surface area contributed by atoms with Crippen LogP contribution in [0.2, 0.25) is 0 Å². The average Bonchev–Trinajstić information content (AvgIpc) is 2.71. The molecule has 156 valence electrons. The second-order valence-corrected chi connectivity index (χ2v) is 8.57. The van der Waals surface area contributed by atoms with E-state index in [1.807, 2.05) is 6.92 Å². The molecule has 0 aliphatic rings. The zero-order valence-corrected chi connectivity index (χ0v) is 17.0. The van der Waals surface area contributed by atoms with Crippen LogP contribution < -0.4 is 0 Å². The molecule has 0 saturated carbocycles. The monoisotopic (exact) mass is 422 g/mol. The number of esters is 1. The molecule has 0 aliphatic heterocycles. The highest BCUT2D eigenvalue weighted by Gasteiger charge is 2.34. The highest BCUT2D eigenvalue weighted by molar-refractivity contribution is 7.89. The Kier molecular flexibility index (Phi) is 7.07. The highest BCUT2D eigenvalue weighted by atomic mass is 32.2. The van der Waals surface area contributed by atoms with E-state index in [1.54, 1.807) is 12.1 Å². The summed E-state index contributed by atoms with van der Waals surface area (Å²) in [4.78, 5) is 22.5. The van der Waals surface area contributed by atoms with Crippen molar-refractivity contribution in [1.82, 2.24) is 4.31 Å². The van der Waals surface area contributed by atoms with Crippen molar-refractivity contribution in [2.45, 2.75) is 17.9 Å². The number of aryl methyl sites for hydroxylation is 1. The van der Waals surface area contributed by atoms with Crippen LogP contribution in [0.15, 0.2) is 53.4 Å². The number of carbonyl (C=O) groups excluding carboxylic acids is 1. The number of nitro benzene ring substituents is 1. The number of carbonyl (C=O) groups is 1. The normalized spacial score (nSPS) is 13.7. The molecule has 29 heavy (non-hydrogen) atoms. The van der Waals surface area contributed by atoms with E-state index in [1.165, 1.54) is 43.4 Å². The van der Waals surface area contributed by atoms with E-state index in [9.17, 15) is 28.4 Å². The van der Waals surface area contributed by atoms with Crippen LogP contribution >= 0.6 is 0 Å². The number of benzene rings is 2. The maximum atomic E-state index is 12.8. The summed E-state index contributed by atoms with van der Waals surface area (Å²) in [6.07, 6.45) is -1.42. The van der Waals surface area contributed by atoms with Crippen molar-refractivity contribution in [1.29, 1.82) is 0 Å². The molecule has 0 aliphatic carbocycles. The number of ether oxygens (including phenoxy) is 1. The lowest BCUT2D eigenvalue weighted by atomic mass is 9.95. The summed E-state index contributed by atoms with van der Waals surface area (Å²) in [6.45, 7) is 1.48. The Morgan fingerprint density at radius 1 is 1.17 bits per heavy atom. The number of hydrogen-bond acceptors (Lipinski definition) is 7. The fraction of sp³-hybridized carbons (Fsp3) is 0.316. The molecule has 2 aromatic carbocycles. The largest absolute Gasteiger partial charge is 0.469 e. The van der Waals surface area contributed by atoms with Gasteiger partial charge >= 0.3 is 5.97 Å². The van der Waals surface area contributed by atoms with E-state index < -0.39 is 32.9 Å². The molecule has 0 spiro atoms. The molecule has 0 heterocycles. The zero-order valence-electron chi connectivity index (χ0n) is 16.2. The topological polar surface area (TPSA) is 127 Å². The van der Waals surface area contributed by atoms with Gasteiger partial charge in [0.1, 0.15) is 5.92 Å². The van der Waals surface area contributed by atoms with Gasteiger partial charge < -0.3 is 9.84 Å². The van der Waals surface area contributed by atoms with Gasteiger partial charge in [0, 0.05) is 25.7 Å². The molecule has 2 rings (SSSR count). The molecule has 0 amide bonds. The van der Waals surface area contributed by atoms with E-state index in [0.717, 1.165) is 17.0 Å². The second kappa shape index (κ2) is 9.12. The summed E-state index contributed by atoms with van der Waals surface area (Å²) in [5, 5.41) is 21.4. The SMILES string of the molecule is COC(=O)[C@@H](CN(C)S(=O)(=O)c1ccc(C)cc1)[C@H](O)c1ccc([N+](=O)[O-])cc1. The van der Waals surface area contributed by atoms with Crippen LogP contribution in [0, 0.1) is 23.0 Å². The number of methoxy groups -OCH3 is 1. The quantitative estimate of drug-likeness (QED) is 0.392. The third kappa shape index (κ3) is 5.17. The van der Waals surface area contributed by atoms with Crippen LogP contribution in [0.1, 0.15) is 17.2 Å². The summed E-state index contributed by atoms with van der Waals surface area (Å²) in [7, 11) is -1.47. The third-order valence-electron chi connectivity index (χ3n) is 4.51. The minimum absolute atomic E-state index is 0.0547. The van der Waals surface area contributed by atoms with Gasteiger partial charge in [0.05, 0.1) is 23.0 Å². The number of hydrogen-bond donors (Lipinski definition) is 1. The van der Waals surface area contributed by atoms with E-state index in [-0.39, 0.29) is 22.7 Å². The molecule has 2 atom stereocenters. The first-order chi connectivity index (χ1) is 13.6. The molecule has 0 aromatic heterocycles. The Morgan fingerprint density at radius 2 is 1.72 bits per heavy atom. The van der Waals surface area contributed by atoms with Crippen LogP contribution in [-0.4, -0.2) is 49.4 Å². The molecule has 0 bridgehead atoms. The summed E-state index contributed by atoms with van der Waals surface area (Å²) >= 11 is 0. The Hall–Kier alpha value is -2.82. The molecule has 2 aromatic rings. The van der Waals surface area contributed by atoms with Crippen LogP contribution in [0.5, 0.6) is 0 Å². The average molecular weight is 422 g/mol. The van der Waals surface area contributed by atoms with Crippen molar-refractivity contribution in [3.8, 4) is 0 Å². The van der Waals surface area contributed by atoms with E-state index >= 15 is 0 Å². The van der Waals surface area contributed by atoms with Crippen molar-refractivity contribution in [2.24, 2.45) is 5.92 Å². The van der Waals surface area contributed by atoms with E-state index in [2.05, 4.69) is 0 Å². The highest BCUT2D eigenvalue weighted by Crippen LogP contribution is 2.27. The summed E-state index contributed by atoms with van der Waals surface area (Å²) in [6, 6.07) is 11.2. The van der Waals surface area contributed by atoms with Gasteiger partial charge in [-0.25, -0.2) is 8.42 Å². The molecular weight excluding hydrogens is 400 g/mol. The van der Waals surface area contributed by atoms with Crippen molar-refractivity contribution < 1.29 is 28.0 Å². The van der Waals surface area contributed by atoms with Crippen molar-refractivity contribution in [3.63, 3.8) is 0 Å². The van der Waals surface area contributed by atoms with Crippen molar-refractivity contribution in [2.75, 3.05) is 20.7 Å². The molecule has 10 heteroatoms. The minimum atomic E-state index is -3.90. The van der Waals surface area contributed by atoms with Crippen LogP contribution in [0.3, 0.4) is 0 Å². The number of nitrogens with zero attached hydrogens (tertiary/aromatic N) is 2. The molecule has 9 nitrogen and oxygen atoms in total. The lowest BCUT2D eigenvalue weighted by molar-refractivity contribution is -0.384. The van der Waals surface area contributed by atoms with Gasteiger partial charge in [0.2, 0.25) is 10.0 Å². The Balaban J connectivity index is 2.28. The summed E-state index contributed by atoms with van der Waals surface area (Å²) in [5.41, 5.74) is 0.953. The zero-order chi connectivity index (χ0) is 21.8. The molecule has 1 N–H and O–H groups in total. The number of rotatable bonds is 8.